The fourth-order valence-corrected chi connectivity index (χ4v) is 3.64. The zero-order valence-electron chi connectivity index (χ0n) is 18.4. The number of rotatable bonds is 4. The third-order valence-corrected chi connectivity index (χ3v) is 5.32. The summed E-state index contributed by atoms with van der Waals surface area (Å²) in [6, 6.07) is 9.02. The Hall–Kier alpha value is -3.79. The summed E-state index contributed by atoms with van der Waals surface area (Å²) in [4.78, 5) is 37.9. The van der Waals surface area contributed by atoms with Gasteiger partial charge in [-0.1, -0.05) is 0 Å². The molecule has 2 amide bonds. The molecule has 0 bridgehead atoms. The van der Waals surface area contributed by atoms with Crippen LogP contribution in [-0.4, -0.2) is 69.7 Å². The number of hydrogen-bond donors (Lipinski definition) is 2. The molecule has 0 saturated carbocycles. The number of likely N-dealkylation sites (N-methyl/N-ethyl adjacent to an activating group) is 1. The van der Waals surface area contributed by atoms with Crippen molar-refractivity contribution in [2.45, 2.75) is 13.8 Å². The van der Waals surface area contributed by atoms with Gasteiger partial charge in [0.25, 0.3) is 5.95 Å². The van der Waals surface area contributed by atoms with Crippen molar-refractivity contribution in [1.82, 2.24) is 24.6 Å². The predicted octanol–water partition coefficient (Wildman–Crippen LogP) is 1.61. The Kier molecular flexibility index (Phi) is 6.13. The number of amides is 2. The minimum atomic E-state index is -0.803. The summed E-state index contributed by atoms with van der Waals surface area (Å²) in [6.07, 6.45) is 3.15. The van der Waals surface area contributed by atoms with E-state index in [1.807, 2.05) is 25.1 Å². The number of piperazine rings is 1. The van der Waals surface area contributed by atoms with Crippen LogP contribution in [0.15, 0.2) is 42.7 Å². The summed E-state index contributed by atoms with van der Waals surface area (Å²) < 4.78 is 1.38. The van der Waals surface area contributed by atoms with Gasteiger partial charge in [0.15, 0.2) is 0 Å². The highest BCUT2D eigenvalue weighted by Crippen LogP contribution is 2.24. The van der Waals surface area contributed by atoms with Crippen LogP contribution in [0.25, 0.3) is 5.95 Å². The quantitative estimate of drug-likeness (QED) is 0.601. The van der Waals surface area contributed by atoms with E-state index in [-0.39, 0.29) is 0 Å². The summed E-state index contributed by atoms with van der Waals surface area (Å²) in [5, 5.41) is 9.54. The van der Waals surface area contributed by atoms with Gasteiger partial charge in [0.2, 0.25) is 0 Å². The predicted molar refractivity (Wildman–Crippen MR) is 122 cm³/mol. The van der Waals surface area contributed by atoms with Crippen LogP contribution in [0, 0.1) is 13.8 Å². The molecule has 10 heteroatoms. The Morgan fingerprint density at radius 1 is 0.938 bits per heavy atom. The minimum absolute atomic E-state index is 0.298. The summed E-state index contributed by atoms with van der Waals surface area (Å²) in [7, 11) is 2.12. The van der Waals surface area contributed by atoms with E-state index in [2.05, 4.69) is 42.5 Å². The maximum atomic E-state index is 12.5. The minimum Gasteiger partial charge on any atom is -0.369 e. The first kappa shape index (κ1) is 21.4. The van der Waals surface area contributed by atoms with Gasteiger partial charge >= 0.3 is 11.8 Å². The normalized spacial score (nSPS) is 14.3. The van der Waals surface area contributed by atoms with Crippen molar-refractivity contribution in [2.75, 3.05) is 48.8 Å². The van der Waals surface area contributed by atoms with Gasteiger partial charge in [-0.05, 0) is 50.7 Å². The fraction of sp³-hybridized carbons (Fsp3) is 0.318. The Labute approximate surface area is 186 Å². The van der Waals surface area contributed by atoms with Crippen molar-refractivity contribution in [3.63, 3.8) is 0 Å². The monoisotopic (exact) mass is 434 g/mol. The van der Waals surface area contributed by atoms with Crippen LogP contribution in [-0.2, 0) is 9.59 Å². The number of hydrogen-bond acceptors (Lipinski definition) is 7. The van der Waals surface area contributed by atoms with Crippen molar-refractivity contribution < 1.29 is 9.59 Å². The van der Waals surface area contributed by atoms with E-state index in [1.165, 1.54) is 4.68 Å². The number of aromatic nitrogens is 4. The van der Waals surface area contributed by atoms with Gasteiger partial charge in [-0.2, -0.15) is 9.78 Å². The molecule has 3 heterocycles. The largest absolute Gasteiger partial charge is 0.369 e. The van der Waals surface area contributed by atoms with Crippen LogP contribution in [0.2, 0.25) is 0 Å². The topological polar surface area (TPSA) is 108 Å². The molecule has 1 saturated heterocycles. The maximum absolute atomic E-state index is 12.5. The standard InChI is InChI=1S/C22H26N8O2/c1-15-13-17(5-6-18(15)29-11-9-28(3)10-12-29)25-20(31)21(32)26-19-14-16(2)27-30(19)22-23-7-4-8-24-22/h4-8,13-14H,9-12H2,1-3H3,(H,25,31)(H,26,32). The average molecular weight is 435 g/mol. The number of benzene rings is 1. The Morgan fingerprint density at radius 2 is 1.62 bits per heavy atom. The molecule has 1 aromatic carbocycles. The molecule has 1 aliphatic rings. The molecule has 4 rings (SSSR count). The molecule has 2 N–H and O–H groups in total. The lowest BCUT2D eigenvalue weighted by Crippen LogP contribution is -2.44. The second-order valence-electron chi connectivity index (χ2n) is 7.83. The van der Waals surface area contributed by atoms with E-state index in [0.29, 0.717) is 23.1 Å². The lowest BCUT2D eigenvalue weighted by molar-refractivity contribution is -0.133. The molecular formula is C22H26N8O2. The van der Waals surface area contributed by atoms with E-state index in [9.17, 15) is 9.59 Å². The molecule has 2 aromatic heterocycles. The van der Waals surface area contributed by atoms with Crippen molar-refractivity contribution in [2.24, 2.45) is 0 Å². The summed E-state index contributed by atoms with van der Waals surface area (Å²) in [5.74, 6) is -0.958. The van der Waals surface area contributed by atoms with Gasteiger partial charge in [0, 0.05) is 56.0 Å². The van der Waals surface area contributed by atoms with Gasteiger partial charge in [-0.3, -0.25) is 9.59 Å². The van der Waals surface area contributed by atoms with Crippen molar-refractivity contribution in [3.8, 4) is 5.95 Å². The van der Waals surface area contributed by atoms with Crippen LogP contribution in [0.4, 0.5) is 17.2 Å². The third kappa shape index (κ3) is 4.75. The maximum Gasteiger partial charge on any atom is 0.315 e. The molecule has 10 nitrogen and oxygen atoms in total. The van der Waals surface area contributed by atoms with E-state index in [4.69, 9.17) is 0 Å². The van der Waals surface area contributed by atoms with Crippen LogP contribution in [0.5, 0.6) is 0 Å². The summed E-state index contributed by atoms with van der Waals surface area (Å²) in [6.45, 7) is 7.74. The van der Waals surface area contributed by atoms with E-state index < -0.39 is 11.8 Å². The molecule has 0 radical (unpaired) electrons. The molecule has 1 aliphatic heterocycles. The van der Waals surface area contributed by atoms with Gasteiger partial charge in [-0.25, -0.2) is 9.97 Å². The van der Waals surface area contributed by atoms with Crippen LogP contribution >= 0.6 is 0 Å². The molecule has 0 atom stereocenters. The van der Waals surface area contributed by atoms with Gasteiger partial charge in [-0.15, -0.1) is 0 Å². The van der Waals surface area contributed by atoms with Gasteiger partial charge in [0.1, 0.15) is 5.82 Å². The first-order valence-electron chi connectivity index (χ1n) is 10.4. The van der Waals surface area contributed by atoms with Crippen molar-refractivity contribution >= 4 is 29.0 Å². The number of nitrogens with zero attached hydrogens (tertiary/aromatic N) is 6. The summed E-state index contributed by atoms with van der Waals surface area (Å²) >= 11 is 0. The Bertz CT molecular complexity index is 1120. The van der Waals surface area contributed by atoms with Gasteiger partial charge < -0.3 is 20.4 Å². The zero-order chi connectivity index (χ0) is 22.7. The molecule has 3 aromatic rings. The third-order valence-electron chi connectivity index (χ3n) is 5.32. The van der Waals surface area contributed by atoms with Gasteiger partial charge in [0.05, 0.1) is 5.69 Å². The number of carbonyl (C=O) groups is 2. The zero-order valence-corrected chi connectivity index (χ0v) is 18.4. The molecule has 32 heavy (non-hydrogen) atoms. The highest BCUT2D eigenvalue weighted by Gasteiger charge is 2.20. The molecule has 166 valence electrons. The van der Waals surface area contributed by atoms with E-state index in [1.54, 1.807) is 31.5 Å². The highest BCUT2D eigenvalue weighted by atomic mass is 16.2. The number of nitrogens with one attached hydrogen (secondary N) is 2. The van der Waals surface area contributed by atoms with Crippen molar-refractivity contribution in [3.05, 3.63) is 54.0 Å². The molecule has 0 aliphatic carbocycles. The lowest BCUT2D eigenvalue weighted by Gasteiger charge is -2.35. The number of aryl methyl sites for hydroxylation is 2. The highest BCUT2D eigenvalue weighted by molar-refractivity contribution is 6.43. The van der Waals surface area contributed by atoms with Crippen molar-refractivity contribution in [1.29, 1.82) is 0 Å². The SMILES string of the molecule is Cc1cc(NC(=O)C(=O)Nc2ccc(N3CCN(C)CC3)c(C)c2)n(-c2ncccn2)n1. The first-order chi connectivity index (χ1) is 15.4. The average Bonchev–Trinajstić information content (AvgIpc) is 3.15. The van der Waals surface area contributed by atoms with E-state index in [0.717, 1.165) is 37.4 Å². The van der Waals surface area contributed by atoms with Crippen LogP contribution < -0.4 is 15.5 Å². The van der Waals surface area contributed by atoms with Crippen LogP contribution in [0.3, 0.4) is 0 Å². The Balaban J connectivity index is 1.43. The second-order valence-corrected chi connectivity index (χ2v) is 7.83. The Morgan fingerprint density at radius 3 is 2.31 bits per heavy atom. The number of anilines is 3. The molecule has 1 fully saturated rings. The molecule has 0 unspecified atom stereocenters. The summed E-state index contributed by atoms with van der Waals surface area (Å²) in [5.41, 5.74) is 3.41. The fourth-order valence-electron chi connectivity index (χ4n) is 3.64. The van der Waals surface area contributed by atoms with Crippen LogP contribution in [0.1, 0.15) is 11.3 Å². The lowest BCUT2D eigenvalue weighted by atomic mass is 10.1. The molecular weight excluding hydrogens is 408 g/mol. The number of carbonyl (C=O) groups excluding carboxylic acids is 2. The second kappa shape index (κ2) is 9.15. The smallest absolute Gasteiger partial charge is 0.315 e. The molecule has 0 spiro atoms. The first-order valence-corrected chi connectivity index (χ1v) is 10.4. The van der Waals surface area contributed by atoms with E-state index >= 15 is 0 Å².